The Morgan fingerprint density at radius 3 is 2.89 bits per heavy atom. The van der Waals surface area contributed by atoms with E-state index in [9.17, 15) is 0 Å². The molecule has 0 unspecified atom stereocenters. The second-order valence-electron chi connectivity index (χ2n) is 2.60. The molecule has 9 heavy (non-hydrogen) atoms. The van der Waals surface area contributed by atoms with Gasteiger partial charge in [-0.1, -0.05) is 0 Å². The summed E-state index contributed by atoms with van der Waals surface area (Å²) in [5.74, 6) is 0. The van der Waals surface area contributed by atoms with Crippen LogP contribution in [0.2, 0.25) is 0 Å². The highest BCUT2D eigenvalue weighted by molar-refractivity contribution is 6.11. The average molecular weight is 128 g/mol. The molecule has 1 aliphatic rings. The van der Waals surface area contributed by atoms with Gasteiger partial charge in [0.15, 0.2) is 0 Å². The molecule has 2 nitrogen and oxygen atoms in total. The second kappa shape index (κ2) is 3.23. The summed E-state index contributed by atoms with van der Waals surface area (Å²) in [5, 5.41) is 0. The van der Waals surface area contributed by atoms with Gasteiger partial charge in [-0.2, -0.15) is 0 Å². The Bertz CT molecular complexity index is 85.1. The van der Waals surface area contributed by atoms with E-state index in [-0.39, 0.29) is 0 Å². The Balaban J connectivity index is 2.14. The molecule has 0 N–H and O–H groups in total. The molecule has 1 rings (SSSR count). The first kappa shape index (κ1) is 7.10. The third kappa shape index (κ3) is 1.99. The smallest absolute Gasteiger partial charge is 0.139 e. The van der Waals surface area contributed by atoms with Crippen molar-refractivity contribution in [2.75, 3.05) is 13.7 Å². The molecular weight excluding hydrogens is 115 g/mol. The lowest BCUT2D eigenvalue weighted by atomic mass is 9.97. The van der Waals surface area contributed by atoms with E-state index in [0.29, 0.717) is 12.1 Å². The van der Waals surface area contributed by atoms with Crippen molar-refractivity contribution in [3.8, 4) is 0 Å². The molecule has 1 saturated heterocycles. The standard InChI is InChI=1S/C6H13BO2/c1-8-4-5-2-3-6(7)9-5/h5-6H,2-4,7H2,1H3/t5-,6+/m0/s1. The predicted octanol–water partition coefficient (Wildman–Crippen LogP) is -0.229. The molecule has 0 aromatic rings. The summed E-state index contributed by atoms with van der Waals surface area (Å²) in [5.41, 5.74) is 0. The van der Waals surface area contributed by atoms with Gasteiger partial charge >= 0.3 is 0 Å². The van der Waals surface area contributed by atoms with Gasteiger partial charge in [0.05, 0.1) is 12.7 Å². The molecule has 52 valence electrons. The summed E-state index contributed by atoms with van der Waals surface area (Å²) < 4.78 is 10.4. The van der Waals surface area contributed by atoms with Crippen molar-refractivity contribution in [3.63, 3.8) is 0 Å². The molecule has 1 aliphatic heterocycles. The highest BCUT2D eigenvalue weighted by Gasteiger charge is 2.20. The van der Waals surface area contributed by atoms with Crippen LogP contribution in [-0.2, 0) is 9.47 Å². The fraction of sp³-hybridized carbons (Fsp3) is 1.00. The van der Waals surface area contributed by atoms with E-state index in [1.165, 1.54) is 6.42 Å². The maximum absolute atomic E-state index is 5.48. The van der Waals surface area contributed by atoms with E-state index in [1.807, 2.05) is 0 Å². The number of rotatable bonds is 2. The van der Waals surface area contributed by atoms with Gasteiger partial charge in [-0.15, -0.1) is 0 Å². The first-order chi connectivity index (χ1) is 4.33. The molecule has 0 saturated carbocycles. The summed E-state index contributed by atoms with van der Waals surface area (Å²) in [4.78, 5) is 0. The summed E-state index contributed by atoms with van der Waals surface area (Å²) >= 11 is 0. The Labute approximate surface area is 56.9 Å². The fourth-order valence-corrected chi connectivity index (χ4v) is 1.19. The van der Waals surface area contributed by atoms with E-state index in [0.717, 1.165) is 13.0 Å². The third-order valence-electron chi connectivity index (χ3n) is 1.67. The Kier molecular flexibility index (Phi) is 2.55. The van der Waals surface area contributed by atoms with Crippen molar-refractivity contribution in [3.05, 3.63) is 0 Å². The molecule has 0 aromatic carbocycles. The second-order valence-corrected chi connectivity index (χ2v) is 2.60. The molecule has 0 aliphatic carbocycles. The van der Waals surface area contributed by atoms with Crippen LogP contribution in [0, 0.1) is 0 Å². The Hall–Kier alpha value is -0.0151. The van der Waals surface area contributed by atoms with Gasteiger partial charge in [-0.05, 0) is 12.8 Å². The van der Waals surface area contributed by atoms with Crippen molar-refractivity contribution in [2.45, 2.75) is 24.9 Å². The van der Waals surface area contributed by atoms with Gasteiger partial charge in [-0.3, -0.25) is 0 Å². The summed E-state index contributed by atoms with van der Waals surface area (Å²) in [6, 6.07) is 0.449. The maximum atomic E-state index is 5.48. The van der Waals surface area contributed by atoms with Crippen LogP contribution in [0.3, 0.4) is 0 Å². The third-order valence-corrected chi connectivity index (χ3v) is 1.67. The summed E-state index contributed by atoms with van der Waals surface area (Å²) in [7, 11) is 3.82. The maximum Gasteiger partial charge on any atom is 0.139 e. The van der Waals surface area contributed by atoms with E-state index >= 15 is 0 Å². The molecule has 0 spiro atoms. The van der Waals surface area contributed by atoms with E-state index in [2.05, 4.69) is 7.85 Å². The van der Waals surface area contributed by atoms with Gasteiger partial charge in [-0.25, -0.2) is 0 Å². The van der Waals surface area contributed by atoms with Crippen LogP contribution in [0.1, 0.15) is 12.8 Å². The predicted molar refractivity (Wildman–Crippen MR) is 38.3 cm³/mol. The summed E-state index contributed by atoms with van der Waals surface area (Å²) in [6.07, 6.45) is 2.72. The zero-order valence-corrected chi connectivity index (χ0v) is 6.09. The van der Waals surface area contributed by atoms with E-state index in [1.54, 1.807) is 7.11 Å². The highest BCUT2D eigenvalue weighted by Crippen LogP contribution is 2.16. The van der Waals surface area contributed by atoms with Crippen LogP contribution in [-0.4, -0.2) is 33.7 Å². The minimum Gasteiger partial charge on any atom is -0.382 e. The molecule has 3 heteroatoms. The Morgan fingerprint density at radius 1 is 1.67 bits per heavy atom. The minimum atomic E-state index is 0.366. The minimum absolute atomic E-state index is 0.366. The summed E-state index contributed by atoms with van der Waals surface area (Å²) in [6.45, 7) is 0.754. The molecule has 0 radical (unpaired) electrons. The fourth-order valence-electron chi connectivity index (χ4n) is 1.19. The molecular formula is C6H13BO2. The van der Waals surface area contributed by atoms with Crippen molar-refractivity contribution in [1.82, 2.24) is 0 Å². The normalized spacial score (nSPS) is 35.2. The van der Waals surface area contributed by atoms with Gasteiger partial charge in [0.25, 0.3) is 0 Å². The number of ether oxygens (including phenoxy) is 2. The van der Waals surface area contributed by atoms with Gasteiger partial charge in [0, 0.05) is 13.1 Å². The monoisotopic (exact) mass is 128 g/mol. The Morgan fingerprint density at radius 2 is 2.44 bits per heavy atom. The largest absolute Gasteiger partial charge is 0.382 e. The van der Waals surface area contributed by atoms with Crippen molar-refractivity contribution in [1.29, 1.82) is 0 Å². The van der Waals surface area contributed by atoms with Crippen molar-refractivity contribution < 1.29 is 9.47 Å². The lowest BCUT2D eigenvalue weighted by molar-refractivity contribution is 0.0251. The molecule has 0 aromatic heterocycles. The van der Waals surface area contributed by atoms with Crippen LogP contribution < -0.4 is 0 Å². The molecule has 0 amide bonds. The highest BCUT2D eigenvalue weighted by atomic mass is 16.5. The number of methoxy groups -OCH3 is 1. The molecule has 2 atom stereocenters. The van der Waals surface area contributed by atoms with Crippen molar-refractivity contribution >= 4 is 7.85 Å². The topological polar surface area (TPSA) is 18.5 Å². The van der Waals surface area contributed by atoms with Gasteiger partial charge in [0.2, 0.25) is 0 Å². The zero-order chi connectivity index (χ0) is 6.69. The van der Waals surface area contributed by atoms with Crippen LogP contribution in [0.25, 0.3) is 0 Å². The van der Waals surface area contributed by atoms with E-state index in [4.69, 9.17) is 9.47 Å². The number of hydrogen-bond acceptors (Lipinski definition) is 2. The SMILES string of the molecule is B[C@H]1CC[C@@H](COC)O1. The van der Waals surface area contributed by atoms with Gasteiger partial charge < -0.3 is 9.47 Å². The van der Waals surface area contributed by atoms with E-state index < -0.39 is 0 Å². The van der Waals surface area contributed by atoms with Gasteiger partial charge in [0.1, 0.15) is 7.85 Å². The lowest BCUT2D eigenvalue weighted by Crippen LogP contribution is -2.15. The quantitative estimate of drug-likeness (QED) is 0.478. The van der Waals surface area contributed by atoms with Crippen LogP contribution in [0.15, 0.2) is 0 Å². The molecule has 1 heterocycles. The first-order valence-electron chi connectivity index (χ1n) is 3.47. The lowest BCUT2D eigenvalue weighted by Gasteiger charge is -2.08. The number of hydrogen-bond donors (Lipinski definition) is 0. The van der Waals surface area contributed by atoms with Crippen LogP contribution in [0.5, 0.6) is 0 Å². The van der Waals surface area contributed by atoms with Crippen molar-refractivity contribution in [2.24, 2.45) is 0 Å². The molecule has 0 bridgehead atoms. The first-order valence-corrected chi connectivity index (χ1v) is 3.47. The average Bonchev–Trinajstić information content (AvgIpc) is 2.17. The molecule has 1 fully saturated rings. The zero-order valence-electron chi connectivity index (χ0n) is 6.09. The van der Waals surface area contributed by atoms with Crippen LogP contribution >= 0.6 is 0 Å². The van der Waals surface area contributed by atoms with Crippen LogP contribution in [0.4, 0.5) is 0 Å².